The number of rotatable bonds is 4. The van der Waals surface area contributed by atoms with Crippen LogP contribution in [0.2, 0.25) is 0 Å². The van der Waals surface area contributed by atoms with Gasteiger partial charge in [0.05, 0.1) is 7.11 Å². The minimum absolute atomic E-state index is 0.00191. The summed E-state index contributed by atoms with van der Waals surface area (Å²) in [6, 6.07) is 15.9. The molecule has 1 amide bonds. The van der Waals surface area contributed by atoms with Crippen molar-refractivity contribution in [2.75, 3.05) is 20.2 Å². The molecule has 1 aromatic carbocycles. The van der Waals surface area contributed by atoms with E-state index in [1.165, 1.54) is 5.56 Å². The van der Waals surface area contributed by atoms with Crippen LogP contribution in [0.15, 0.2) is 48.5 Å². The third kappa shape index (κ3) is 3.89. The first-order valence-electron chi connectivity index (χ1n) is 8.10. The van der Waals surface area contributed by atoms with Crippen LogP contribution in [0.25, 0.3) is 0 Å². The minimum atomic E-state index is 0.00191. The van der Waals surface area contributed by atoms with Crippen molar-refractivity contribution in [1.82, 2.24) is 9.88 Å². The van der Waals surface area contributed by atoms with Crippen LogP contribution in [0.1, 0.15) is 28.9 Å². The van der Waals surface area contributed by atoms with Crippen LogP contribution >= 0.6 is 0 Å². The van der Waals surface area contributed by atoms with Crippen LogP contribution in [-0.4, -0.2) is 36.0 Å². The molecule has 0 aliphatic carbocycles. The fourth-order valence-corrected chi connectivity index (χ4v) is 3.10. The summed E-state index contributed by atoms with van der Waals surface area (Å²) in [6.45, 7) is 1.60. The fourth-order valence-electron chi connectivity index (χ4n) is 3.10. The Hall–Kier alpha value is -2.36. The summed E-state index contributed by atoms with van der Waals surface area (Å²) in [5.74, 6) is 1.14. The molecule has 1 saturated heterocycles. The highest BCUT2D eigenvalue weighted by Gasteiger charge is 2.24. The van der Waals surface area contributed by atoms with Crippen LogP contribution in [0.5, 0.6) is 5.88 Å². The average molecular weight is 310 g/mol. The largest absolute Gasteiger partial charge is 0.481 e. The summed E-state index contributed by atoms with van der Waals surface area (Å²) < 4.78 is 5.09. The van der Waals surface area contributed by atoms with E-state index in [0.29, 0.717) is 17.5 Å². The van der Waals surface area contributed by atoms with Gasteiger partial charge in [-0.1, -0.05) is 36.4 Å². The molecule has 1 aliphatic heterocycles. The maximum atomic E-state index is 12.5. The molecule has 1 aliphatic rings. The van der Waals surface area contributed by atoms with Crippen molar-refractivity contribution < 1.29 is 9.53 Å². The number of hydrogen-bond donors (Lipinski definition) is 0. The predicted molar refractivity (Wildman–Crippen MR) is 89.6 cm³/mol. The molecule has 0 atom stereocenters. The van der Waals surface area contributed by atoms with Crippen molar-refractivity contribution >= 4 is 5.91 Å². The topological polar surface area (TPSA) is 42.4 Å². The van der Waals surface area contributed by atoms with Crippen molar-refractivity contribution in [1.29, 1.82) is 0 Å². The number of methoxy groups -OCH3 is 1. The molecule has 0 saturated carbocycles. The van der Waals surface area contributed by atoms with Crippen molar-refractivity contribution in [3.8, 4) is 5.88 Å². The molecule has 23 heavy (non-hydrogen) atoms. The van der Waals surface area contributed by atoms with E-state index in [2.05, 4.69) is 29.2 Å². The molecular formula is C19H22N2O2. The van der Waals surface area contributed by atoms with E-state index in [1.54, 1.807) is 25.3 Å². The molecule has 1 aromatic heterocycles. The summed E-state index contributed by atoms with van der Waals surface area (Å²) >= 11 is 0. The molecule has 4 heteroatoms. The molecule has 0 bridgehead atoms. The van der Waals surface area contributed by atoms with Crippen molar-refractivity contribution in [2.45, 2.75) is 19.3 Å². The molecular weight excluding hydrogens is 288 g/mol. The van der Waals surface area contributed by atoms with Crippen LogP contribution in [-0.2, 0) is 6.42 Å². The van der Waals surface area contributed by atoms with E-state index in [1.807, 2.05) is 11.0 Å². The lowest BCUT2D eigenvalue weighted by Gasteiger charge is -2.32. The maximum absolute atomic E-state index is 12.5. The number of aromatic nitrogens is 1. The number of carbonyl (C=O) groups excluding carboxylic acids is 1. The maximum Gasteiger partial charge on any atom is 0.272 e. The van der Waals surface area contributed by atoms with Gasteiger partial charge in [0, 0.05) is 19.2 Å². The van der Waals surface area contributed by atoms with Gasteiger partial charge in [0.15, 0.2) is 0 Å². The van der Waals surface area contributed by atoms with Gasteiger partial charge in [-0.15, -0.1) is 0 Å². The van der Waals surface area contributed by atoms with Crippen LogP contribution in [0, 0.1) is 5.92 Å². The van der Waals surface area contributed by atoms with Gasteiger partial charge in [0.25, 0.3) is 5.91 Å². The van der Waals surface area contributed by atoms with Gasteiger partial charge in [0.1, 0.15) is 5.69 Å². The number of pyridine rings is 1. The zero-order chi connectivity index (χ0) is 16.1. The van der Waals surface area contributed by atoms with E-state index in [4.69, 9.17) is 4.74 Å². The third-order valence-electron chi connectivity index (χ3n) is 4.42. The minimum Gasteiger partial charge on any atom is -0.481 e. The molecule has 120 valence electrons. The van der Waals surface area contributed by atoms with Crippen LogP contribution in [0.3, 0.4) is 0 Å². The Balaban J connectivity index is 1.57. The molecule has 3 rings (SSSR count). The van der Waals surface area contributed by atoms with Crippen LogP contribution in [0.4, 0.5) is 0 Å². The SMILES string of the molecule is COc1cccc(C(=O)N2CCC(Cc3ccccc3)CC2)n1. The van der Waals surface area contributed by atoms with Crippen molar-refractivity contribution in [3.05, 3.63) is 59.8 Å². The van der Waals surface area contributed by atoms with Gasteiger partial charge in [0.2, 0.25) is 5.88 Å². The average Bonchev–Trinajstić information content (AvgIpc) is 2.63. The first-order valence-corrected chi connectivity index (χ1v) is 8.10. The van der Waals surface area contributed by atoms with E-state index in [9.17, 15) is 4.79 Å². The van der Waals surface area contributed by atoms with E-state index in [-0.39, 0.29) is 5.91 Å². The standard InChI is InChI=1S/C19H22N2O2/c1-23-18-9-5-8-17(20-18)19(22)21-12-10-16(11-13-21)14-15-6-3-2-4-7-15/h2-9,16H,10-14H2,1H3. The highest BCUT2D eigenvalue weighted by Crippen LogP contribution is 2.22. The molecule has 0 spiro atoms. The Morgan fingerprint density at radius 2 is 1.87 bits per heavy atom. The summed E-state index contributed by atoms with van der Waals surface area (Å²) in [5.41, 5.74) is 1.84. The predicted octanol–water partition coefficient (Wildman–Crippen LogP) is 3.19. The Morgan fingerprint density at radius 1 is 1.13 bits per heavy atom. The second kappa shape index (κ2) is 7.27. The second-order valence-electron chi connectivity index (χ2n) is 5.99. The van der Waals surface area contributed by atoms with Gasteiger partial charge in [-0.2, -0.15) is 0 Å². The van der Waals surface area contributed by atoms with Crippen LogP contribution < -0.4 is 4.74 Å². The molecule has 2 aromatic rings. The smallest absolute Gasteiger partial charge is 0.272 e. The monoisotopic (exact) mass is 310 g/mol. The van der Waals surface area contributed by atoms with Gasteiger partial charge in [-0.05, 0) is 36.8 Å². The summed E-state index contributed by atoms with van der Waals surface area (Å²) in [6.07, 6.45) is 3.19. The Labute approximate surface area is 137 Å². The number of hydrogen-bond acceptors (Lipinski definition) is 3. The molecule has 0 radical (unpaired) electrons. The Bertz CT molecular complexity index is 649. The highest BCUT2D eigenvalue weighted by molar-refractivity contribution is 5.92. The molecule has 4 nitrogen and oxygen atoms in total. The van der Waals surface area contributed by atoms with E-state index in [0.717, 1.165) is 32.4 Å². The first-order chi connectivity index (χ1) is 11.3. The second-order valence-corrected chi connectivity index (χ2v) is 5.99. The lowest BCUT2D eigenvalue weighted by atomic mass is 9.90. The lowest BCUT2D eigenvalue weighted by Crippen LogP contribution is -2.39. The number of ether oxygens (including phenoxy) is 1. The number of amides is 1. The molecule has 0 unspecified atom stereocenters. The van der Waals surface area contributed by atoms with Crippen molar-refractivity contribution in [3.63, 3.8) is 0 Å². The number of benzene rings is 1. The van der Waals surface area contributed by atoms with Crippen molar-refractivity contribution in [2.24, 2.45) is 5.92 Å². The van der Waals surface area contributed by atoms with Gasteiger partial charge in [-0.3, -0.25) is 4.79 Å². The summed E-state index contributed by atoms with van der Waals surface area (Å²) in [5, 5.41) is 0. The molecule has 2 heterocycles. The number of nitrogens with zero attached hydrogens (tertiary/aromatic N) is 2. The number of piperidine rings is 1. The third-order valence-corrected chi connectivity index (χ3v) is 4.42. The van der Waals surface area contributed by atoms with E-state index < -0.39 is 0 Å². The number of carbonyl (C=O) groups is 1. The van der Waals surface area contributed by atoms with E-state index >= 15 is 0 Å². The normalized spacial score (nSPS) is 15.4. The fraction of sp³-hybridized carbons (Fsp3) is 0.368. The van der Waals surface area contributed by atoms with Gasteiger partial charge >= 0.3 is 0 Å². The van der Waals surface area contributed by atoms with Gasteiger partial charge in [-0.25, -0.2) is 4.98 Å². The molecule has 1 fully saturated rings. The Morgan fingerprint density at radius 3 is 2.57 bits per heavy atom. The zero-order valence-corrected chi connectivity index (χ0v) is 13.4. The first kappa shape index (κ1) is 15.5. The highest BCUT2D eigenvalue weighted by atomic mass is 16.5. The lowest BCUT2D eigenvalue weighted by molar-refractivity contribution is 0.0683. The summed E-state index contributed by atoms with van der Waals surface area (Å²) in [7, 11) is 1.56. The zero-order valence-electron chi connectivity index (χ0n) is 13.4. The van der Waals surface area contributed by atoms with Gasteiger partial charge < -0.3 is 9.64 Å². The number of likely N-dealkylation sites (tertiary alicyclic amines) is 1. The Kier molecular flexibility index (Phi) is 4.91. The quantitative estimate of drug-likeness (QED) is 0.871. The summed E-state index contributed by atoms with van der Waals surface area (Å²) in [4.78, 5) is 18.7. The molecule has 0 N–H and O–H groups in total.